The van der Waals surface area contributed by atoms with E-state index in [1.807, 2.05) is 18.2 Å². The van der Waals surface area contributed by atoms with E-state index in [1.165, 1.54) is 7.11 Å². The van der Waals surface area contributed by atoms with Crippen LogP contribution in [0.15, 0.2) is 30.3 Å². The molecule has 1 aromatic carbocycles. The average Bonchev–Trinajstić information content (AvgIpc) is 2.17. The average molecular weight is 230 g/mol. The normalized spacial score (nSPS) is 13.7. The van der Waals surface area contributed by atoms with Crippen LogP contribution < -0.4 is 0 Å². The predicted octanol–water partition coefficient (Wildman–Crippen LogP) is 1.35. The van der Waals surface area contributed by atoms with E-state index >= 15 is 0 Å². The van der Waals surface area contributed by atoms with E-state index in [2.05, 4.69) is 0 Å². The number of benzene rings is 1. The molecule has 15 heavy (non-hydrogen) atoms. The van der Waals surface area contributed by atoms with Crippen LogP contribution in [0.1, 0.15) is 11.7 Å². The molecule has 0 heterocycles. The topological polar surface area (TPSA) is 52.6 Å². The summed E-state index contributed by atoms with van der Waals surface area (Å²) in [4.78, 5) is 0. The van der Waals surface area contributed by atoms with Crippen molar-refractivity contribution in [3.63, 3.8) is 0 Å². The Morgan fingerprint density at radius 3 is 2.33 bits per heavy atom. The predicted molar refractivity (Wildman–Crippen MR) is 57.0 cm³/mol. The largest absolute Gasteiger partial charge is 0.382 e. The van der Waals surface area contributed by atoms with Gasteiger partial charge in [0, 0.05) is 7.11 Å². The summed E-state index contributed by atoms with van der Waals surface area (Å²) in [5.41, 5.74) is 0.782. The monoisotopic (exact) mass is 230 g/mol. The van der Waals surface area contributed by atoms with E-state index in [4.69, 9.17) is 8.92 Å². The minimum absolute atomic E-state index is 0.205. The second kappa shape index (κ2) is 5.25. The molecule has 0 aliphatic carbocycles. The third-order valence-electron chi connectivity index (χ3n) is 1.78. The quantitative estimate of drug-likeness (QED) is 0.716. The summed E-state index contributed by atoms with van der Waals surface area (Å²) in [6.45, 7) is 0.205. The standard InChI is InChI=1S/C10H14O4S/c1-13-8-10(14-15(2,11)12)9-6-4-3-5-7-9/h3-7,10H,8H2,1-2H3. The molecule has 0 amide bonds. The van der Waals surface area contributed by atoms with Crippen molar-refractivity contribution in [3.8, 4) is 0 Å². The molecule has 1 aromatic rings. The van der Waals surface area contributed by atoms with Crippen molar-refractivity contribution >= 4 is 10.1 Å². The van der Waals surface area contributed by atoms with Gasteiger partial charge in [-0.05, 0) is 5.56 Å². The highest BCUT2D eigenvalue weighted by Gasteiger charge is 2.17. The first-order valence-electron chi connectivity index (χ1n) is 4.45. The zero-order valence-corrected chi connectivity index (χ0v) is 9.53. The van der Waals surface area contributed by atoms with Gasteiger partial charge in [-0.2, -0.15) is 8.42 Å². The maximum absolute atomic E-state index is 11.0. The summed E-state index contributed by atoms with van der Waals surface area (Å²) >= 11 is 0. The van der Waals surface area contributed by atoms with Crippen LogP contribution in [0.2, 0.25) is 0 Å². The van der Waals surface area contributed by atoms with Gasteiger partial charge >= 0.3 is 0 Å². The van der Waals surface area contributed by atoms with Crippen molar-refractivity contribution in [2.24, 2.45) is 0 Å². The molecule has 0 spiro atoms. The van der Waals surface area contributed by atoms with Crippen LogP contribution in [0.3, 0.4) is 0 Å². The Morgan fingerprint density at radius 2 is 1.87 bits per heavy atom. The molecule has 0 radical (unpaired) electrons. The fraction of sp³-hybridized carbons (Fsp3) is 0.400. The fourth-order valence-electron chi connectivity index (χ4n) is 1.21. The van der Waals surface area contributed by atoms with Gasteiger partial charge in [0.2, 0.25) is 0 Å². The Kier molecular flexibility index (Phi) is 4.26. The smallest absolute Gasteiger partial charge is 0.265 e. The van der Waals surface area contributed by atoms with Crippen LogP contribution in [-0.4, -0.2) is 28.4 Å². The second-order valence-electron chi connectivity index (χ2n) is 3.16. The lowest BCUT2D eigenvalue weighted by atomic mass is 10.1. The highest BCUT2D eigenvalue weighted by molar-refractivity contribution is 7.86. The third-order valence-corrected chi connectivity index (χ3v) is 2.36. The Balaban J connectivity index is 2.84. The zero-order chi connectivity index (χ0) is 11.3. The molecular weight excluding hydrogens is 216 g/mol. The Hall–Kier alpha value is -0.910. The lowest BCUT2D eigenvalue weighted by Crippen LogP contribution is -2.15. The first-order valence-corrected chi connectivity index (χ1v) is 6.26. The number of methoxy groups -OCH3 is 1. The van der Waals surface area contributed by atoms with E-state index in [0.29, 0.717) is 0 Å². The highest BCUT2D eigenvalue weighted by Crippen LogP contribution is 2.19. The molecule has 0 saturated heterocycles. The molecule has 0 saturated carbocycles. The van der Waals surface area contributed by atoms with Gasteiger partial charge in [0.15, 0.2) is 0 Å². The molecular formula is C10H14O4S. The summed E-state index contributed by atoms with van der Waals surface area (Å²) < 4.78 is 31.9. The second-order valence-corrected chi connectivity index (χ2v) is 4.76. The first-order chi connectivity index (χ1) is 7.03. The van der Waals surface area contributed by atoms with E-state index in [0.717, 1.165) is 11.8 Å². The Labute approximate surface area is 90.0 Å². The van der Waals surface area contributed by atoms with Crippen LogP contribution in [0.25, 0.3) is 0 Å². The van der Waals surface area contributed by atoms with Crippen LogP contribution in [-0.2, 0) is 19.0 Å². The molecule has 0 aromatic heterocycles. The molecule has 84 valence electrons. The minimum Gasteiger partial charge on any atom is -0.382 e. The molecule has 0 aliphatic rings. The van der Waals surface area contributed by atoms with Gasteiger partial charge < -0.3 is 4.74 Å². The van der Waals surface area contributed by atoms with Crippen molar-refractivity contribution in [2.75, 3.05) is 20.0 Å². The van der Waals surface area contributed by atoms with Crippen molar-refractivity contribution in [2.45, 2.75) is 6.10 Å². The van der Waals surface area contributed by atoms with Crippen molar-refractivity contribution < 1.29 is 17.3 Å². The van der Waals surface area contributed by atoms with Gasteiger partial charge in [-0.25, -0.2) is 0 Å². The van der Waals surface area contributed by atoms with Crippen LogP contribution in [0, 0.1) is 0 Å². The molecule has 1 atom stereocenters. The Bertz CT molecular complexity index is 385. The minimum atomic E-state index is -3.47. The van der Waals surface area contributed by atoms with Gasteiger partial charge in [0.25, 0.3) is 10.1 Å². The van der Waals surface area contributed by atoms with E-state index in [-0.39, 0.29) is 6.61 Å². The van der Waals surface area contributed by atoms with Gasteiger partial charge in [-0.15, -0.1) is 0 Å². The summed E-state index contributed by atoms with van der Waals surface area (Å²) in [5.74, 6) is 0. The lowest BCUT2D eigenvalue weighted by molar-refractivity contribution is 0.0860. The maximum atomic E-state index is 11.0. The van der Waals surface area contributed by atoms with Crippen molar-refractivity contribution in [3.05, 3.63) is 35.9 Å². The Morgan fingerprint density at radius 1 is 1.27 bits per heavy atom. The first kappa shape index (κ1) is 12.2. The number of ether oxygens (including phenoxy) is 1. The molecule has 0 aliphatic heterocycles. The lowest BCUT2D eigenvalue weighted by Gasteiger charge is -2.15. The number of hydrogen-bond donors (Lipinski definition) is 0. The summed E-state index contributed by atoms with van der Waals surface area (Å²) in [5, 5.41) is 0. The zero-order valence-electron chi connectivity index (χ0n) is 8.71. The molecule has 0 N–H and O–H groups in total. The van der Waals surface area contributed by atoms with E-state index in [9.17, 15) is 8.42 Å². The van der Waals surface area contributed by atoms with Gasteiger partial charge in [-0.3, -0.25) is 4.18 Å². The van der Waals surface area contributed by atoms with E-state index in [1.54, 1.807) is 12.1 Å². The van der Waals surface area contributed by atoms with E-state index < -0.39 is 16.2 Å². The molecule has 5 heteroatoms. The number of hydrogen-bond acceptors (Lipinski definition) is 4. The third kappa shape index (κ3) is 4.42. The molecule has 0 bridgehead atoms. The number of rotatable bonds is 5. The fourth-order valence-corrected chi connectivity index (χ4v) is 1.80. The summed E-state index contributed by atoms with van der Waals surface area (Å²) in [7, 11) is -1.97. The summed E-state index contributed by atoms with van der Waals surface area (Å²) in [6, 6.07) is 9.10. The van der Waals surface area contributed by atoms with Crippen molar-refractivity contribution in [1.82, 2.24) is 0 Å². The van der Waals surface area contributed by atoms with Crippen LogP contribution in [0.4, 0.5) is 0 Å². The molecule has 4 nitrogen and oxygen atoms in total. The van der Waals surface area contributed by atoms with Gasteiger partial charge in [0.1, 0.15) is 6.10 Å². The van der Waals surface area contributed by atoms with Crippen molar-refractivity contribution in [1.29, 1.82) is 0 Å². The summed E-state index contributed by atoms with van der Waals surface area (Å²) in [6.07, 6.45) is 0.449. The SMILES string of the molecule is COCC(OS(C)(=O)=O)c1ccccc1. The maximum Gasteiger partial charge on any atom is 0.265 e. The van der Waals surface area contributed by atoms with Crippen LogP contribution in [0.5, 0.6) is 0 Å². The molecule has 1 rings (SSSR count). The van der Waals surface area contributed by atoms with Crippen LogP contribution >= 0.6 is 0 Å². The van der Waals surface area contributed by atoms with Gasteiger partial charge in [0.05, 0.1) is 12.9 Å². The molecule has 1 unspecified atom stereocenters. The highest BCUT2D eigenvalue weighted by atomic mass is 32.2. The van der Waals surface area contributed by atoms with Gasteiger partial charge in [-0.1, -0.05) is 30.3 Å². The molecule has 0 fully saturated rings.